The summed E-state index contributed by atoms with van der Waals surface area (Å²) in [5, 5.41) is 8.33. The van der Waals surface area contributed by atoms with Crippen molar-refractivity contribution in [1.29, 1.82) is 5.26 Å². The van der Waals surface area contributed by atoms with Crippen molar-refractivity contribution in [3.8, 4) is 11.8 Å². The molecule has 4 nitrogen and oxygen atoms in total. The fourth-order valence-corrected chi connectivity index (χ4v) is 1.19. The van der Waals surface area contributed by atoms with Crippen molar-refractivity contribution in [2.75, 3.05) is 0 Å². The van der Waals surface area contributed by atoms with Crippen LogP contribution in [0.25, 0.3) is 0 Å². The number of halogens is 6. The summed E-state index contributed by atoms with van der Waals surface area (Å²) in [5.41, 5.74) is -4.17. The zero-order valence-electron chi connectivity index (χ0n) is 8.82. The quantitative estimate of drug-likeness (QED) is 0.849. The van der Waals surface area contributed by atoms with Crippen LogP contribution in [0.15, 0.2) is 10.9 Å². The summed E-state index contributed by atoms with van der Waals surface area (Å²) in [6.45, 7) is 0. The number of nitrogens with zero attached hydrogens (tertiary/aromatic N) is 1. The number of nitrogens with one attached hydrogen (secondary N) is 1. The molecule has 0 amide bonds. The average molecular weight is 286 g/mol. The van der Waals surface area contributed by atoms with Gasteiger partial charge in [-0.2, -0.15) is 18.4 Å². The Morgan fingerprint density at radius 3 is 2.26 bits per heavy atom. The Kier molecular flexibility index (Phi) is 3.78. The van der Waals surface area contributed by atoms with Gasteiger partial charge in [-0.1, -0.05) is 0 Å². The van der Waals surface area contributed by atoms with Gasteiger partial charge in [0.15, 0.2) is 5.75 Å². The van der Waals surface area contributed by atoms with Crippen LogP contribution in [0.2, 0.25) is 0 Å². The fourth-order valence-electron chi connectivity index (χ4n) is 1.19. The van der Waals surface area contributed by atoms with E-state index in [2.05, 4.69) is 4.74 Å². The third-order valence-electron chi connectivity index (χ3n) is 1.87. The molecule has 0 unspecified atom stereocenters. The standard InChI is InChI=1S/C9H4F6N2O2/c10-8(11,12)4-3-6(19-9(13,14)15)5(1-2-16)17-7(4)18/h3H,1H2,(H,17,18). The van der Waals surface area contributed by atoms with Gasteiger partial charge in [-0.05, 0) is 0 Å². The van der Waals surface area contributed by atoms with E-state index >= 15 is 0 Å². The minimum atomic E-state index is -5.24. The van der Waals surface area contributed by atoms with Gasteiger partial charge in [-0.15, -0.1) is 13.2 Å². The molecule has 0 aliphatic heterocycles. The number of hydrogen-bond donors (Lipinski definition) is 1. The second-order valence-electron chi connectivity index (χ2n) is 3.24. The van der Waals surface area contributed by atoms with Crippen molar-refractivity contribution in [3.63, 3.8) is 0 Å². The Morgan fingerprint density at radius 1 is 1.26 bits per heavy atom. The van der Waals surface area contributed by atoms with E-state index in [-0.39, 0.29) is 6.07 Å². The van der Waals surface area contributed by atoms with Gasteiger partial charge < -0.3 is 9.72 Å². The zero-order valence-corrected chi connectivity index (χ0v) is 8.82. The molecule has 0 saturated heterocycles. The fraction of sp³-hybridized carbons (Fsp3) is 0.333. The number of alkyl halides is 6. The van der Waals surface area contributed by atoms with Gasteiger partial charge in [0, 0.05) is 6.07 Å². The maximum atomic E-state index is 12.4. The molecule has 0 spiro atoms. The van der Waals surface area contributed by atoms with E-state index in [0.29, 0.717) is 0 Å². The first kappa shape index (κ1) is 14.9. The Labute approximate surface area is 101 Å². The third-order valence-corrected chi connectivity index (χ3v) is 1.87. The van der Waals surface area contributed by atoms with E-state index in [0.717, 1.165) is 0 Å². The average Bonchev–Trinajstić information content (AvgIpc) is 2.18. The lowest BCUT2D eigenvalue weighted by molar-refractivity contribution is -0.275. The van der Waals surface area contributed by atoms with Crippen LogP contribution in [0.4, 0.5) is 26.3 Å². The SMILES string of the molecule is N#CCc1[nH]c(=O)c(C(F)(F)F)cc1OC(F)(F)F. The Hall–Kier alpha value is -2.18. The molecular formula is C9H4F6N2O2. The van der Waals surface area contributed by atoms with Gasteiger partial charge in [0.05, 0.1) is 18.2 Å². The van der Waals surface area contributed by atoms with Gasteiger partial charge in [0.25, 0.3) is 5.56 Å². The number of pyridine rings is 1. The van der Waals surface area contributed by atoms with Gasteiger partial charge in [-0.3, -0.25) is 4.79 Å². The van der Waals surface area contributed by atoms with Crippen molar-refractivity contribution < 1.29 is 31.1 Å². The molecule has 1 aromatic rings. The van der Waals surface area contributed by atoms with Crippen LogP contribution in [0.3, 0.4) is 0 Å². The highest BCUT2D eigenvalue weighted by Crippen LogP contribution is 2.32. The third kappa shape index (κ3) is 3.90. The first-order chi connectivity index (χ1) is 8.54. The van der Waals surface area contributed by atoms with E-state index in [1.165, 1.54) is 6.07 Å². The van der Waals surface area contributed by atoms with E-state index < -0.39 is 41.5 Å². The van der Waals surface area contributed by atoms with Crippen LogP contribution in [0.5, 0.6) is 5.75 Å². The van der Waals surface area contributed by atoms with Crippen molar-refractivity contribution in [2.24, 2.45) is 0 Å². The molecule has 19 heavy (non-hydrogen) atoms. The van der Waals surface area contributed by atoms with Crippen LogP contribution < -0.4 is 10.3 Å². The lowest BCUT2D eigenvalue weighted by Gasteiger charge is -2.14. The highest BCUT2D eigenvalue weighted by molar-refractivity contribution is 5.34. The normalized spacial score (nSPS) is 12.1. The van der Waals surface area contributed by atoms with E-state index in [1.54, 1.807) is 4.98 Å². The number of rotatable bonds is 2. The molecule has 10 heteroatoms. The summed E-state index contributed by atoms with van der Waals surface area (Å²) >= 11 is 0. The van der Waals surface area contributed by atoms with Crippen LogP contribution in [0, 0.1) is 11.3 Å². The Morgan fingerprint density at radius 2 is 1.84 bits per heavy atom. The summed E-state index contributed by atoms with van der Waals surface area (Å²) in [5.74, 6) is -1.26. The minimum absolute atomic E-state index is 0.0843. The van der Waals surface area contributed by atoms with Crippen molar-refractivity contribution in [2.45, 2.75) is 19.0 Å². The molecule has 0 bridgehead atoms. The topological polar surface area (TPSA) is 65.9 Å². The molecule has 0 aliphatic rings. The number of aromatic amines is 1. The molecule has 0 saturated carbocycles. The molecule has 0 atom stereocenters. The second-order valence-corrected chi connectivity index (χ2v) is 3.24. The van der Waals surface area contributed by atoms with E-state index in [4.69, 9.17) is 5.26 Å². The molecule has 1 N–H and O–H groups in total. The monoisotopic (exact) mass is 286 g/mol. The van der Waals surface area contributed by atoms with E-state index in [9.17, 15) is 31.1 Å². The van der Waals surface area contributed by atoms with Gasteiger partial charge in [-0.25, -0.2) is 0 Å². The minimum Gasteiger partial charge on any atom is -0.404 e. The number of hydrogen-bond acceptors (Lipinski definition) is 3. The summed E-state index contributed by atoms with van der Waals surface area (Å²) in [6.07, 6.45) is -11.1. The first-order valence-corrected chi connectivity index (χ1v) is 4.50. The largest absolute Gasteiger partial charge is 0.573 e. The van der Waals surface area contributed by atoms with Gasteiger partial charge >= 0.3 is 12.5 Å². The summed E-state index contributed by atoms with van der Waals surface area (Å²) in [6, 6.07) is 1.31. The number of H-pyrrole nitrogens is 1. The molecule has 0 aromatic carbocycles. The molecule has 0 fully saturated rings. The predicted octanol–water partition coefficient (Wildman–Crippen LogP) is 2.36. The van der Waals surface area contributed by atoms with Crippen LogP contribution >= 0.6 is 0 Å². The number of ether oxygens (including phenoxy) is 1. The maximum absolute atomic E-state index is 12.4. The van der Waals surface area contributed by atoms with Gasteiger partial charge in [0.1, 0.15) is 5.56 Å². The summed E-state index contributed by atoms with van der Waals surface area (Å²) in [4.78, 5) is 12.6. The lowest BCUT2D eigenvalue weighted by atomic mass is 10.2. The summed E-state index contributed by atoms with van der Waals surface area (Å²) in [7, 11) is 0. The van der Waals surface area contributed by atoms with Crippen LogP contribution in [-0.4, -0.2) is 11.3 Å². The number of nitriles is 1. The summed E-state index contributed by atoms with van der Waals surface area (Å²) < 4.78 is 76.5. The van der Waals surface area contributed by atoms with Crippen molar-refractivity contribution >= 4 is 0 Å². The first-order valence-electron chi connectivity index (χ1n) is 4.50. The molecule has 0 aliphatic carbocycles. The molecule has 1 rings (SSSR count). The molecule has 1 heterocycles. The lowest BCUT2D eigenvalue weighted by Crippen LogP contribution is -2.25. The highest BCUT2D eigenvalue weighted by atomic mass is 19.4. The van der Waals surface area contributed by atoms with Crippen molar-refractivity contribution in [3.05, 3.63) is 27.7 Å². The van der Waals surface area contributed by atoms with E-state index in [1.807, 2.05) is 0 Å². The predicted molar refractivity (Wildman–Crippen MR) is 48.1 cm³/mol. The Balaban J connectivity index is 3.41. The number of aromatic nitrogens is 1. The van der Waals surface area contributed by atoms with Crippen LogP contribution in [0.1, 0.15) is 11.3 Å². The molecule has 104 valence electrons. The Bertz CT molecular complexity index is 566. The zero-order chi connectivity index (χ0) is 14.8. The van der Waals surface area contributed by atoms with Crippen molar-refractivity contribution in [1.82, 2.24) is 4.98 Å². The second kappa shape index (κ2) is 4.83. The molecule has 1 aromatic heterocycles. The highest BCUT2D eigenvalue weighted by Gasteiger charge is 2.37. The van der Waals surface area contributed by atoms with Gasteiger partial charge in [0.2, 0.25) is 0 Å². The van der Waals surface area contributed by atoms with Crippen LogP contribution in [-0.2, 0) is 12.6 Å². The maximum Gasteiger partial charge on any atom is 0.573 e. The molecule has 0 radical (unpaired) electrons. The molecular weight excluding hydrogens is 282 g/mol. The smallest absolute Gasteiger partial charge is 0.404 e.